The molecule has 0 radical (unpaired) electrons. The van der Waals surface area contributed by atoms with Crippen LogP contribution in [0.1, 0.15) is 128 Å². The summed E-state index contributed by atoms with van der Waals surface area (Å²) in [6, 6.07) is 22.5. The molecule has 1 fully saturated rings. The van der Waals surface area contributed by atoms with E-state index in [2.05, 4.69) is 21.3 Å². The number of nitrogens with zero attached hydrogens (tertiary/aromatic N) is 4. The number of aromatic nitrogens is 2. The van der Waals surface area contributed by atoms with E-state index in [1.165, 1.54) is 28.1 Å². The van der Waals surface area contributed by atoms with Gasteiger partial charge in [-0.3, -0.25) is 39.0 Å². The second-order valence-electron chi connectivity index (χ2n) is 28.3. The largest absolute Gasteiger partial charge is 0.489 e. The summed E-state index contributed by atoms with van der Waals surface area (Å²) in [4.78, 5) is 108. The van der Waals surface area contributed by atoms with Crippen LogP contribution in [-0.4, -0.2) is 235 Å². The molecule has 5 aromatic rings. The third-order valence-corrected chi connectivity index (χ3v) is 19.3. The molecule has 27 heteroatoms. The van der Waals surface area contributed by atoms with Crippen LogP contribution in [0.2, 0.25) is 5.02 Å². The van der Waals surface area contributed by atoms with Crippen molar-refractivity contribution in [3.05, 3.63) is 125 Å². The number of carbonyl (C=O) groups is 7. The number of carbonyl (C=O) groups excluding carboxylic acids is 7. The normalized spacial score (nSPS) is 15.5. The van der Waals surface area contributed by atoms with Crippen molar-refractivity contribution in [2.24, 2.45) is 23.5 Å². The maximum atomic E-state index is 14.9. The number of imide groups is 1. The second-order valence-corrected chi connectivity index (χ2v) is 28.7. The van der Waals surface area contributed by atoms with E-state index in [-0.39, 0.29) is 86.9 Å². The second kappa shape index (κ2) is 46.1. The first-order valence-electron chi connectivity index (χ1n) is 37.5. The Balaban J connectivity index is 1.03. The molecule has 0 unspecified atom stereocenters. The number of nitrogens with one attached hydrogen (secondary N) is 4. The van der Waals surface area contributed by atoms with E-state index >= 15 is 0 Å². The van der Waals surface area contributed by atoms with Gasteiger partial charge in [0, 0.05) is 82.2 Å². The Kier molecular flexibility index (Phi) is 38.1. The molecule has 107 heavy (non-hydrogen) atoms. The van der Waals surface area contributed by atoms with Crippen molar-refractivity contribution >= 4 is 58.7 Å². The highest BCUT2D eigenvalue weighted by Crippen LogP contribution is 2.32. The van der Waals surface area contributed by atoms with Gasteiger partial charge in [0.25, 0.3) is 11.8 Å². The van der Waals surface area contributed by atoms with Crippen molar-refractivity contribution in [2.45, 2.75) is 175 Å². The lowest BCUT2D eigenvalue weighted by molar-refractivity contribution is -0.149. The molecule has 3 heterocycles. The lowest BCUT2D eigenvalue weighted by atomic mass is 9.87. The predicted molar refractivity (Wildman–Crippen MR) is 409 cm³/mol. The van der Waals surface area contributed by atoms with Crippen LogP contribution >= 0.6 is 11.6 Å². The van der Waals surface area contributed by atoms with Gasteiger partial charge in [-0.05, 0) is 114 Å². The highest BCUT2D eigenvalue weighted by Gasteiger charge is 2.44. The van der Waals surface area contributed by atoms with Crippen molar-refractivity contribution in [2.75, 3.05) is 120 Å². The average molecular weight is 1510 g/mol. The van der Waals surface area contributed by atoms with Crippen molar-refractivity contribution < 1.29 is 80.9 Å². The number of fused-ring (bicyclic) bond motifs is 1. The van der Waals surface area contributed by atoms with Crippen molar-refractivity contribution in [3.63, 3.8) is 0 Å². The molecule has 3 aromatic carbocycles. The Morgan fingerprint density at radius 1 is 0.729 bits per heavy atom. The maximum Gasteiger partial charge on any atom is 0.328 e. The smallest absolute Gasteiger partial charge is 0.328 e. The minimum absolute atomic E-state index is 0.0392. The van der Waals surface area contributed by atoms with Crippen molar-refractivity contribution in [1.82, 2.24) is 40.5 Å². The fraction of sp³-hybridized carbons (Fsp3) is 0.600. The molecule has 1 saturated heterocycles. The molecule has 1 aliphatic heterocycles. The first kappa shape index (κ1) is 88.4. The summed E-state index contributed by atoms with van der Waals surface area (Å²) < 4.78 is 59.1. The zero-order valence-corrected chi connectivity index (χ0v) is 65.8. The summed E-state index contributed by atoms with van der Waals surface area (Å²) in [5.41, 5.74) is 9.57. The van der Waals surface area contributed by atoms with E-state index in [0.717, 1.165) is 33.6 Å². The standard InChI is InChI=1S/C80H118ClN9O17/c1-14-55(6)72(88(11)71(53(2)3)77(95)86-79(97)80(9,10)87-69(91)31-35-100-38-40-102-42-44-104-46-47-105-45-43-103-41-39-101-37-32-82)68(98-12)51-70(92)90-34-19-23-66(90)73(99-13)57(8)75(93)85-64(49-58-21-16-15-17-22-58)78(96)106-36-30-62(83-76(94)61-28-29-67(63(81)50-61)107-54(4)5)48-59-24-26-60(27-25-59)65-52-89-33-18-20-56(7)74(89)84-65/h15-18,20-22,24-29,33,50,52-55,57,62,64,66,68,71-73H,14,19,23,30-32,34-49,51,82H2,1-13H3,(H,83,94)(H,85,93)(H,87,91)(H,86,95,97)/t55-,57+,62+,64-,66-,68+,71-,72-,73+/m0/s1. The van der Waals surface area contributed by atoms with Gasteiger partial charge in [-0.1, -0.05) is 113 Å². The molecular weight excluding hydrogens is 1390 g/mol. The van der Waals surface area contributed by atoms with Crippen LogP contribution in [0, 0.1) is 24.7 Å². The number of hydrogen-bond acceptors (Lipinski definition) is 20. The number of esters is 1. The van der Waals surface area contributed by atoms with E-state index in [4.69, 9.17) is 69.7 Å². The third kappa shape index (κ3) is 28.5. The topological polar surface area (TPSA) is 310 Å². The summed E-state index contributed by atoms with van der Waals surface area (Å²) in [5.74, 6) is -4.37. The van der Waals surface area contributed by atoms with E-state index in [1.807, 2.05) is 137 Å². The number of aryl methyl sites for hydroxylation is 1. The molecular formula is C80H118ClN9O17. The van der Waals surface area contributed by atoms with E-state index < -0.39 is 83.5 Å². The average Bonchev–Trinajstić information content (AvgIpc) is 1.72. The minimum atomic E-state index is -1.48. The van der Waals surface area contributed by atoms with Gasteiger partial charge in [0.2, 0.25) is 23.6 Å². The quantitative estimate of drug-likeness (QED) is 0.0181. The first-order chi connectivity index (χ1) is 51.3. The number of methoxy groups -OCH3 is 2. The van der Waals surface area contributed by atoms with E-state index in [0.29, 0.717) is 110 Å². The molecule has 6 rings (SSSR count). The van der Waals surface area contributed by atoms with Crippen LogP contribution in [0.15, 0.2) is 97.3 Å². The van der Waals surface area contributed by atoms with Gasteiger partial charge in [0.1, 0.15) is 23.0 Å². The van der Waals surface area contributed by atoms with Crippen LogP contribution < -0.4 is 31.7 Å². The third-order valence-electron chi connectivity index (χ3n) is 19.0. The van der Waals surface area contributed by atoms with Crippen molar-refractivity contribution in [1.29, 1.82) is 0 Å². The van der Waals surface area contributed by atoms with Gasteiger partial charge >= 0.3 is 5.97 Å². The highest BCUT2D eigenvalue weighted by atomic mass is 35.5. The van der Waals surface area contributed by atoms with Crippen LogP contribution in [0.4, 0.5) is 0 Å². The summed E-state index contributed by atoms with van der Waals surface area (Å²) in [6.45, 7) is 23.7. The van der Waals surface area contributed by atoms with Crippen LogP contribution in [0.25, 0.3) is 16.9 Å². The molecule has 0 bridgehead atoms. The number of benzene rings is 3. The van der Waals surface area contributed by atoms with Gasteiger partial charge in [0.15, 0.2) is 0 Å². The monoisotopic (exact) mass is 1510 g/mol. The van der Waals surface area contributed by atoms with Gasteiger partial charge in [-0.15, -0.1) is 0 Å². The number of halogens is 1. The molecule has 592 valence electrons. The summed E-state index contributed by atoms with van der Waals surface area (Å²) in [5, 5.41) is 11.7. The number of likely N-dealkylation sites (N-methyl/N-ethyl adjacent to an activating group) is 1. The molecule has 0 saturated carbocycles. The molecule has 9 atom stereocenters. The number of ether oxygens (including phenoxy) is 10. The molecule has 2 aromatic heterocycles. The number of amides is 6. The molecule has 26 nitrogen and oxygen atoms in total. The van der Waals surface area contributed by atoms with Gasteiger partial charge in [0.05, 0.1) is 139 Å². The number of rotatable bonds is 50. The number of pyridine rings is 1. The molecule has 6 amide bonds. The molecule has 1 aliphatic rings. The number of imidazole rings is 1. The fourth-order valence-electron chi connectivity index (χ4n) is 13.2. The Morgan fingerprint density at radius 3 is 1.92 bits per heavy atom. The SMILES string of the molecule is CC[C@H](C)[C@@H]([C@@H](CC(=O)N1CCC[C@H]1[C@H](OC)[C@@H](C)C(=O)N[C@@H](Cc1ccccc1)C(=O)OCC[C@H](Cc1ccc(-c2cn3cccc(C)c3n2)cc1)NC(=O)c1ccc(OC(C)C)c(Cl)c1)OC)N(C)[C@H](C(=O)NC(=O)C(C)(C)NC(=O)CCOCCOCCOCCOCCOCCOCCN)C(C)C. The Morgan fingerprint density at radius 2 is 1.35 bits per heavy atom. The van der Waals surface area contributed by atoms with Gasteiger partial charge < -0.3 is 78.4 Å². The van der Waals surface area contributed by atoms with Crippen molar-refractivity contribution in [3.8, 4) is 17.0 Å². The van der Waals surface area contributed by atoms with E-state index in [1.54, 1.807) is 37.1 Å². The molecule has 0 aliphatic carbocycles. The lowest BCUT2D eigenvalue weighted by Gasteiger charge is -2.43. The first-order valence-corrected chi connectivity index (χ1v) is 37.9. The Bertz CT molecular complexity index is 3550. The molecule has 6 N–H and O–H groups in total. The fourth-order valence-corrected chi connectivity index (χ4v) is 13.4. The van der Waals surface area contributed by atoms with Crippen LogP contribution in [0.5, 0.6) is 5.75 Å². The lowest BCUT2D eigenvalue weighted by Crippen LogP contribution is -2.62. The summed E-state index contributed by atoms with van der Waals surface area (Å²) in [7, 11) is 4.83. The minimum Gasteiger partial charge on any atom is -0.489 e. The zero-order valence-electron chi connectivity index (χ0n) is 65.0. The predicted octanol–water partition coefficient (Wildman–Crippen LogP) is 8.16. The maximum absolute atomic E-state index is 14.9. The Labute approximate surface area is 637 Å². The van der Waals surface area contributed by atoms with Crippen LogP contribution in [0.3, 0.4) is 0 Å². The molecule has 0 spiro atoms. The number of nitrogens with two attached hydrogens (primary N) is 1. The van der Waals surface area contributed by atoms with Gasteiger partial charge in [-0.2, -0.15) is 0 Å². The Hall–Kier alpha value is -7.47. The summed E-state index contributed by atoms with van der Waals surface area (Å²) in [6.07, 6.45) is 4.68. The number of likely N-dealkylation sites (tertiary alicyclic amines) is 1. The van der Waals surface area contributed by atoms with E-state index in [9.17, 15) is 33.6 Å². The van der Waals surface area contributed by atoms with Gasteiger partial charge in [-0.25, -0.2) is 9.78 Å². The van der Waals surface area contributed by atoms with Crippen LogP contribution in [-0.2, 0) is 84.2 Å². The number of hydrogen-bond donors (Lipinski definition) is 5. The zero-order chi connectivity index (χ0) is 78.0. The highest BCUT2D eigenvalue weighted by molar-refractivity contribution is 6.32. The summed E-state index contributed by atoms with van der Waals surface area (Å²) >= 11 is 6.60.